The standard InChI is InChI=1S/C14H14ClN5O/c1-4-19-7-16-10-12(19)17-14(15)18-13(10)20-5-8(2)11(21)9(3)6-20/h5-7H,4H2,1-3H3. The molecule has 0 unspecified atom stereocenters. The zero-order valence-electron chi connectivity index (χ0n) is 12.0. The van der Waals surface area contributed by atoms with Crippen molar-refractivity contribution in [2.75, 3.05) is 0 Å². The summed E-state index contributed by atoms with van der Waals surface area (Å²) in [5.41, 5.74) is 2.66. The van der Waals surface area contributed by atoms with Gasteiger partial charge in [-0.15, -0.1) is 0 Å². The summed E-state index contributed by atoms with van der Waals surface area (Å²) >= 11 is 6.03. The van der Waals surface area contributed by atoms with Crippen LogP contribution in [-0.2, 0) is 6.54 Å². The maximum Gasteiger partial charge on any atom is 0.226 e. The van der Waals surface area contributed by atoms with Crippen LogP contribution in [-0.4, -0.2) is 24.1 Å². The second-order valence-electron chi connectivity index (χ2n) is 4.88. The van der Waals surface area contributed by atoms with Crippen molar-refractivity contribution in [2.45, 2.75) is 27.3 Å². The van der Waals surface area contributed by atoms with E-state index in [2.05, 4.69) is 15.0 Å². The van der Waals surface area contributed by atoms with E-state index in [1.807, 2.05) is 11.5 Å². The molecule has 0 bridgehead atoms. The Morgan fingerprint density at radius 3 is 2.48 bits per heavy atom. The Hall–Kier alpha value is -2.21. The van der Waals surface area contributed by atoms with E-state index in [-0.39, 0.29) is 10.7 Å². The van der Waals surface area contributed by atoms with Crippen molar-refractivity contribution in [3.8, 4) is 5.82 Å². The first-order chi connectivity index (χ1) is 10.0. The number of pyridine rings is 1. The number of nitrogens with zero attached hydrogens (tertiary/aromatic N) is 5. The first-order valence-electron chi connectivity index (χ1n) is 6.59. The number of hydrogen-bond acceptors (Lipinski definition) is 4. The normalized spacial score (nSPS) is 11.2. The predicted molar refractivity (Wildman–Crippen MR) is 81.1 cm³/mol. The molecule has 0 aromatic carbocycles. The maximum absolute atomic E-state index is 11.8. The molecule has 3 rings (SSSR count). The average Bonchev–Trinajstić information content (AvgIpc) is 2.86. The molecule has 0 atom stereocenters. The van der Waals surface area contributed by atoms with Crippen LogP contribution >= 0.6 is 11.6 Å². The van der Waals surface area contributed by atoms with Crippen molar-refractivity contribution >= 4 is 22.8 Å². The van der Waals surface area contributed by atoms with Gasteiger partial charge in [0.25, 0.3) is 0 Å². The van der Waals surface area contributed by atoms with E-state index in [4.69, 9.17) is 11.6 Å². The van der Waals surface area contributed by atoms with Crippen LogP contribution in [0.1, 0.15) is 18.1 Å². The number of rotatable bonds is 2. The lowest BCUT2D eigenvalue weighted by atomic mass is 10.2. The van der Waals surface area contributed by atoms with Gasteiger partial charge in [-0.3, -0.25) is 4.79 Å². The highest BCUT2D eigenvalue weighted by Crippen LogP contribution is 2.20. The van der Waals surface area contributed by atoms with Crippen molar-refractivity contribution < 1.29 is 0 Å². The molecule has 108 valence electrons. The number of imidazole rings is 1. The number of halogens is 1. The minimum atomic E-state index is 0.0294. The molecular formula is C14H14ClN5O. The lowest BCUT2D eigenvalue weighted by Crippen LogP contribution is -2.13. The molecule has 21 heavy (non-hydrogen) atoms. The molecule has 0 radical (unpaired) electrons. The van der Waals surface area contributed by atoms with Gasteiger partial charge in [0.15, 0.2) is 22.4 Å². The summed E-state index contributed by atoms with van der Waals surface area (Å²) in [7, 11) is 0. The molecule has 0 saturated heterocycles. The fourth-order valence-corrected chi connectivity index (χ4v) is 2.48. The first kappa shape index (κ1) is 13.8. The van der Waals surface area contributed by atoms with Gasteiger partial charge in [-0.25, -0.2) is 4.98 Å². The fourth-order valence-electron chi connectivity index (χ4n) is 2.32. The third kappa shape index (κ3) is 2.21. The summed E-state index contributed by atoms with van der Waals surface area (Å²) in [5.74, 6) is 0.573. The lowest BCUT2D eigenvalue weighted by Gasteiger charge is -2.09. The molecule has 3 heterocycles. The van der Waals surface area contributed by atoms with Gasteiger partial charge in [-0.05, 0) is 32.4 Å². The summed E-state index contributed by atoms with van der Waals surface area (Å²) in [6.07, 6.45) is 5.18. The fraction of sp³-hybridized carbons (Fsp3) is 0.286. The Morgan fingerprint density at radius 2 is 1.86 bits per heavy atom. The molecule has 3 aromatic heterocycles. The second-order valence-corrected chi connectivity index (χ2v) is 5.22. The van der Waals surface area contributed by atoms with E-state index in [1.54, 1.807) is 37.1 Å². The number of aryl methyl sites for hydroxylation is 3. The van der Waals surface area contributed by atoms with Gasteiger partial charge >= 0.3 is 0 Å². The van der Waals surface area contributed by atoms with E-state index in [0.717, 1.165) is 6.54 Å². The molecule has 0 N–H and O–H groups in total. The monoisotopic (exact) mass is 303 g/mol. The SMILES string of the molecule is CCn1cnc2c(-n3cc(C)c(=O)c(C)c3)nc(Cl)nc21. The highest BCUT2D eigenvalue weighted by Gasteiger charge is 2.14. The topological polar surface area (TPSA) is 65.6 Å². The lowest BCUT2D eigenvalue weighted by molar-refractivity contribution is 0.777. The van der Waals surface area contributed by atoms with Gasteiger partial charge in [0.05, 0.1) is 6.33 Å². The summed E-state index contributed by atoms with van der Waals surface area (Å²) in [5, 5.41) is 0.154. The van der Waals surface area contributed by atoms with Gasteiger partial charge in [0.2, 0.25) is 5.28 Å². The van der Waals surface area contributed by atoms with E-state index in [1.165, 1.54) is 0 Å². The Labute approximate surface area is 126 Å². The van der Waals surface area contributed by atoms with Crippen LogP contribution in [0.4, 0.5) is 0 Å². The van der Waals surface area contributed by atoms with Crippen LogP contribution in [0, 0.1) is 13.8 Å². The van der Waals surface area contributed by atoms with Crippen LogP contribution in [0.25, 0.3) is 17.0 Å². The van der Waals surface area contributed by atoms with Crippen molar-refractivity contribution in [3.05, 3.63) is 45.4 Å². The third-order valence-electron chi connectivity index (χ3n) is 3.39. The summed E-state index contributed by atoms with van der Waals surface area (Å²) in [4.78, 5) is 24.7. The average molecular weight is 304 g/mol. The van der Waals surface area contributed by atoms with Gasteiger partial charge in [0, 0.05) is 30.1 Å². The van der Waals surface area contributed by atoms with Crippen LogP contribution in [0.3, 0.4) is 0 Å². The Bertz CT molecular complexity index is 870. The number of fused-ring (bicyclic) bond motifs is 1. The van der Waals surface area contributed by atoms with Gasteiger partial charge < -0.3 is 9.13 Å². The highest BCUT2D eigenvalue weighted by molar-refractivity contribution is 6.28. The van der Waals surface area contributed by atoms with Crippen molar-refractivity contribution in [1.82, 2.24) is 24.1 Å². The molecule has 0 aliphatic carbocycles. The molecule has 0 aliphatic rings. The Kier molecular flexibility index (Phi) is 3.25. The Balaban J connectivity index is 2.35. The zero-order valence-corrected chi connectivity index (χ0v) is 12.7. The molecule has 0 fully saturated rings. The smallest absolute Gasteiger partial charge is 0.226 e. The number of aromatic nitrogens is 5. The van der Waals surface area contributed by atoms with E-state index in [0.29, 0.717) is 28.1 Å². The Morgan fingerprint density at radius 1 is 1.19 bits per heavy atom. The van der Waals surface area contributed by atoms with E-state index < -0.39 is 0 Å². The summed E-state index contributed by atoms with van der Waals surface area (Å²) < 4.78 is 3.67. The van der Waals surface area contributed by atoms with Gasteiger partial charge in [-0.2, -0.15) is 9.97 Å². The predicted octanol–water partition coefficient (Wildman–Crippen LogP) is 2.27. The second kappa shape index (κ2) is 4.96. The van der Waals surface area contributed by atoms with Crippen LogP contribution in [0.5, 0.6) is 0 Å². The van der Waals surface area contributed by atoms with E-state index in [9.17, 15) is 4.79 Å². The van der Waals surface area contributed by atoms with E-state index >= 15 is 0 Å². The molecule has 0 aliphatic heterocycles. The first-order valence-corrected chi connectivity index (χ1v) is 6.97. The largest absolute Gasteiger partial charge is 0.315 e. The minimum Gasteiger partial charge on any atom is -0.315 e. The molecule has 0 amide bonds. The zero-order chi connectivity index (χ0) is 15.1. The molecule has 7 heteroatoms. The maximum atomic E-state index is 11.8. The summed E-state index contributed by atoms with van der Waals surface area (Å²) in [6, 6.07) is 0. The quantitative estimate of drug-likeness (QED) is 0.681. The van der Waals surface area contributed by atoms with Gasteiger partial charge in [0.1, 0.15) is 0 Å². The molecule has 0 spiro atoms. The third-order valence-corrected chi connectivity index (χ3v) is 3.55. The van der Waals surface area contributed by atoms with Crippen LogP contribution in [0.2, 0.25) is 5.28 Å². The molecular weight excluding hydrogens is 290 g/mol. The summed E-state index contributed by atoms with van der Waals surface area (Å²) in [6.45, 7) is 6.29. The molecule has 3 aromatic rings. The minimum absolute atomic E-state index is 0.0294. The number of hydrogen-bond donors (Lipinski definition) is 0. The van der Waals surface area contributed by atoms with Crippen molar-refractivity contribution in [2.24, 2.45) is 0 Å². The molecule has 0 saturated carbocycles. The van der Waals surface area contributed by atoms with Gasteiger partial charge in [-0.1, -0.05) is 0 Å². The highest BCUT2D eigenvalue weighted by atomic mass is 35.5. The van der Waals surface area contributed by atoms with Crippen LogP contribution < -0.4 is 5.43 Å². The van der Waals surface area contributed by atoms with Crippen molar-refractivity contribution in [1.29, 1.82) is 0 Å². The molecule has 6 nitrogen and oxygen atoms in total. The van der Waals surface area contributed by atoms with Crippen molar-refractivity contribution in [3.63, 3.8) is 0 Å². The van der Waals surface area contributed by atoms with Crippen LogP contribution in [0.15, 0.2) is 23.5 Å².